The van der Waals surface area contributed by atoms with Crippen LogP contribution in [0.5, 0.6) is 5.75 Å². The van der Waals surface area contributed by atoms with Crippen LogP contribution in [0.2, 0.25) is 0 Å². The zero-order chi connectivity index (χ0) is 23.0. The van der Waals surface area contributed by atoms with Gasteiger partial charge in [-0.1, -0.05) is 36.4 Å². The molecule has 1 aromatic heterocycles. The van der Waals surface area contributed by atoms with Gasteiger partial charge in [0.2, 0.25) is 0 Å². The summed E-state index contributed by atoms with van der Waals surface area (Å²) in [5.74, 6) is 0.338. The van der Waals surface area contributed by atoms with E-state index in [0.717, 1.165) is 11.3 Å². The molecule has 0 bridgehead atoms. The Morgan fingerprint density at radius 1 is 0.788 bits per heavy atom. The van der Waals surface area contributed by atoms with E-state index in [2.05, 4.69) is 16.0 Å². The van der Waals surface area contributed by atoms with Gasteiger partial charge >= 0.3 is 0 Å². The van der Waals surface area contributed by atoms with Crippen molar-refractivity contribution in [2.24, 2.45) is 0 Å². The molecule has 2 amide bonds. The summed E-state index contributed by atoms with van der Waals surface area (Å²) in [6.07, 6.45) is 1.45. The molecule has 0 spiro atoms. The third-order valence-electron chi connectivity index (χ3n) is 4.93. The van der Waals surface area contributed by atoms with Gasteiger partial charge in [-0.15, -0.1) is 0 Å². The molecule has 0 aliphatic rings. The van der Waals surface area contributed by atoms with Crippen LogP contribution in [-0.4, -0.2) is 18.9 Å². The van der Waals surface area contributed by atoms with Gasteiger partial charge in [-0.25, -0.2) is 0 Å². The third-order valence-corrected chi connectivity index (χ3v) is 4.93. The van der Waals surface area contributed by atoms with Crippen molar-refractivity contribution in [3.63, 3.8) is 0 Å². The Labute approximate surface area is 191 Å². The average Bonchev–Trinajstić information content (AvgIpc) is 3.39. The minimum Gasteiger partial charge on any atom is -0.497 e. The second-order valence-electron chi connectivity index (χ2n) is 7.22. The van der Waals surface area contributed by atoms with Crippen molar-refractivity contribution < 1.29 is 18.7 Å². The van der Waals surface area contributed by atoms with Crippen molar-refractivity contribution >= 4 is 28.9 Å². The number of methoxy groups -OCH3 is 1. The highest BCUT2D eigenvalue weighted by Crippen LogP contribution is 2.24. The number of nitrogens with one attached hydrogen (secondary N) is 3. The molecule has 166 valence electrons. The minimum atomic E-state index is -0.638. The van der Waals surface area contributed by atoms with Gasteiger partial charge in [0.1, 0.15) is 11.8 Å². The number of anilines is 3. The van der Waals surface area contributed by atoms with Gasteiger partial charge in [-0.3, -0.25) is 9.59 Å². The highest BCUT2D eigenvalue weighted by molar-refractivity contribution is 6.02. The average molecular weight is 441 g/mol. The first-order chi connectivity index (χ1) is 16.1. The first-order valence-corrected chi connectivity index (χ1v) is 10.3. The monoisotopic (exact) mass is 441 g/mol. The number of rotatable bonds is 8. The molecular weight excluding hydrogens is 418 g/mol. The topological polar surface area (TPSA) is 92.6 Å². The van der Waals surface area contributed by atoms with Crippen LogP contribution >= 0.6 is 0 Å². The van der Waals surface area contributed by atoms with E-state index in [1.165, 1.54) is 6.26 Å². The van der Waals surface area contributed by atoms with E-state index < -0.39 is 6.04 Å². The summed E-state index contributed by atoms with van der Waals surface area (Å²) in [6.45, 7) is 0. The first-order valence-electron chi connectivity index (χ1n) is 10.3. The summed E-state index contributed by atoms with van der Waals surface area (Å²) in [4.78, 5) is 25.3. The largest absolute Gasteiger partial charge is 0.497 e. The fourth-order valence-electron chi connectivity index (χ4n) is 3.28. The molecule has 0 aliphatic carbocycles. The zero-order valence-corrected chi connectivity index (χ0v) is 17.9. The van der Waals surface area contributed by atoms with E-state index in [0.29, 0.717) is 17.1 Å². The van der Waals surface area contributed by atoms with Gasteiger partial charge < -0.3 is 25.1 Å². The Kier molecular flexibility index (Phi) is 6.70. The Morgan fingerprint density at radius 2 is 1.55 bits per heavy atom. The van der Waals surface area contributed by atoms with Crippen molar-refractivity contribution in [3.05, 3.63) is 109 Å². The summed E-state index contributed by atoms with van der Waals surface area (Å²) >= 11 is 0. The maximum absolute atomic E-state index is 13.2. The third kappa shape index (κ3) is 5.59. The lowest BCUT2D eigenvalue weighted by Gasteiger charge is -2.20. The van der Waals surface area contributed by atoms with E-state index >= 15 is 0 Å². The molecule has 7 heteroatoms. The van der Waals surface area contributed by atoms with Crippen molar-refractivity contribution in [2.45, 2.75) is 6.04 Å². The molecule has 4 aromatic rings. The highest BCUT2D eigenvalue weighted by atomic mass is 16.5. The molecule has 1 heterocycles. The fourth-order valence-corrected chi connectivity index (χ4v) is 3.28. The first kappa shape index (κ1) is 21.7. The molecule has 0 saturated heterocycles. The van der Waals surface area contributed by atoms with Crippen molar-refractivity contribution in [1.29, 1.82) is 0 Å². The van der Waals surface area contributed by atoms with Crippen LogP contribution in [-0.2, 0) is 4.79 Å². The number of amides is 2. The number of benzene rings is 3. The Bertz CT molecular complexity index is 1210. The fraction of sp³-hybridized carbons (Fsp3) is 0.0769. The lowest BCUT2D eigenvalue weighted by molar-refractivity contribution is -0.117. The Morgan fingerprint density at radius 3 is 2.24 bits per heavy atom. The molecule has 0 fully saturated rings. The SMILES string of the molecule is COc1cccc(NC(=O)C(Nc2ccc(NC(=O)c3ccco3)cc2)c2ccccc2)c1. The van der Waals surface area contributed by atoms with Gasteiger partial charge in [-0.2, -0.15) is 0 Å². The number of hydrogen-bond donors (Lipinski definition) is 3. The van der Waals surface area contributed by atoms with E-state index in [1.54, 1.807) is 55.6 Å². The van der Waals surface area contributed by atoms with E-state index in [-0.39, 0.29) is 17.6 Å². The second-order valence-corrected chi connectivity index (χ2v) is 7.22. The molecule has 1 unspecified atom stereocenters. The zero-order valence-electron chi connectivity index (χ0n) is 17.9. The van der Waals surface area contributed by atoms with E-state index in [9.17, 15) is 9.59 Å². The van der Waals surface area contributed by atoms with E-state index in [4.69, 9.17) is 9.15 Å². The molecule has 0 saturated carbocycles. The van der Waals surface area contributed by atoms with Crippen LogP contribution in [0, 0.1) is 0 Å². The molecule has 7 nitrogen and oxygen atoms in total. The van der Waals surface area contributed by atoms with Crippen LogP contribution in [0.3, 0.4) is 0 Å². The minimum absolute atomic E-state index is 0.218. The summed E-state index contributed by atoms with van der Waals surface area (Å²) in [7, 11) is 1.58. The summed E-state index contributed by atoms with van der Waals surface area (Å²) in [5.41, 5.74) is 2.78. The second kappa shape index (κ2) is 10.2. The Hall–Kier alpha value is -4.52. The molecule has 3 aromatic carbocycles. The predicted octanol–water partition coefficient (Wildman–Crippen LogP) is 5.33. The maximum Gasteiger partial charge on any atom is 0.291 e. The molecule has 0 radical (unpaired) electrons. The highest BCUT2D eigenvalue weighted by Gasteiger charge is 2.21. The summed E-state index contributed by atoms with van der Waals surface area (Å²) < 4.78 is 10.3. The Balaban J connectivity index is 1.49. The van der Waals surface area contributed by atoms with Crippen LogP contribution < -0.4 is 20.7 Å². The molecule has 0 aliphatic heterocycles. The van der Waals surface area contributed by atoms with Gasteiger partial charge in [0.05, 0.1) is 13.4 Å². The number of carbonyl (C=O) groups is 2. The number of furan rings is 1. The molecule has 3 N–H and O–H groups in total. The van der Waals surface area contributed by atoms with Crippen LogP contribution in [0.15, 0.2) is 102 Å². The maximum atomic E-state index is 13.2. The van der Waals surface area contributed by atoms with Gasteiger partial charge in [0.15, 0.2) is 5.76 Å². The summed E-state index contributed by atoms with van der Waals surface area (Å²) in [5, 5.41) is 8.99. The quantitative estimate of drug-likeness (QED) is 0.344. The van der Waals surface area contributed by atoms with Gasteiger partial charge in [0.25, 0.3) is 11.8 Å². The van der Waals surface area contributed by atoms with Crippen LogP contribution in [0.25, 0.3) is 0 Å². The summed E-state index contributed by atoms with van der Waals surface area (Å²) in [6, 6.07) is 26.4. The molecule has 33 heavy (non-hydrogen) atoms. The lowest BCUT2D eigenvalue weighted by atomic mass is 10.1. The van der Waals surface area contributed by atoms with Crippen molar-refractivity contribution in [3.8, 4) is 5.75 Å². The van der Waals surface area contributed by atoms with Crippen LogP contribution in [0.4, 0.5) is 17.1 Å². The van der Waals surface area contributed by atoms with Gasteiger partial charge in [-0.05, 0) is 54.1 Å². The van der Waals surface area contributed by atoms with E-state index in [1.807, 2.05) is 42.5 Å². The molecule has 4 rings (SSSR count). The van der Waals surface area contributed by atoms with Gasteiger partial charge in [0, 0.05) is 23.1 Å². The number of carbonyl (C=O) groups excluding carboxylic acids is 2. The lowest BCUT2D eigenvalue weighted by Crippen LogP contribution is -2.27. The van der Waals surface area contributed by atoms with Crippen molar-refractivity contribution in [2.75, 3.05) is 23.1 Å². The van der Waals surface area contributed by atoms with Crippen molar-refractivity contribution in [1.82, 2.24) is 0 Å². The normalized spacial score (nSPS) is 11.3. The molecule has 1 atom stereocenters. The van der Waals surface area contributed by atoms with Crippen LogP contribution in [0.1, 0.15) is 22.2 Å². The molecular formula is C26H23N3O4. The number of hydrogen-bond acceptors (Lipinski definition) is 5. The number of ether oxygens (including phenoxy) is 1. The smallest absolute Gasteiger partial charge is 0.291 e. The standard InChI is InChI=1S/C26H23N3O4/c1-32-22-10-5-9-21(17-22)29-26(31)24(18-7-3-2-4-8-18)27-19-12-14-20(15-13-19)28-25(30)23-11-6-16-33-23/h2-17,24,27H,1H3,(H,28,30)(H,29,31). The predicted molar refractivity (Wildman–Crippen MR) is 128 cm³/mol.